The number of hydrogen-bond acceptors (Lipinski definition) is 13. The third kappa shape index (κ3) is 23.9. The van der Waals surface area contributed by atoms with Gasteiger partial charge in [0.25, 0.3) is 0 Å². The molecule has 264 valence electrons. The Morgan fingerprint density at radius 2 is 0.766 bits per heavy atom. The molecule has 13 nitrogen and oxygen atoms in total. The van der Waals surface area contributed by atoms with Crippen molar-refractivity contribution in [3.63, 3.8) is 0 Å². The van der Waals surface area contributed by atoms with Crippen LogP contribution in [-0.4, -0.2) is 144 Å². The average Bonchev–Trinajstić information content (AvgIpc) is 3.11. The molecule has 0 spiro atoms. The zero-order valence-corrected chi connectivity index (χ0v) is 27.2. The van der Waals surface area contributed by atoms with Gasteiger partial charge in [0.2, 0.25) is 0 Å². The molecule has 0 unspecified atom stereocenters. The maximum atomic E-state index is 11.8. The normalized spacial score (nSPS) is 11.1. The molecule has 2 rings (SSSR count). The maximum absolute atomic E-state index is 11.8. The minimum atomic E-state index is -0.359. The van der Waals surface area contributed by atoms with Crippen LogP contribution in [0.5, 0.6) is 5.75 Å². The van der Waals surface area contributed by atoms with Crippen molar-refractivity contribution < 1.29 is 61.7 Å². The molecule has 2 aromatic rings. The Kier molecular flexibility index (Phi) is 26.0. The molecule has 47 heavy (non-hydrogen) atoms. The Bertz CT molecular complexity index is 991. The van der Waals surface area contributed by atoms with Crippen LogP contribution in [0.25, 0.3) is 0 Å². The third-order valence-corrected chi connectivity index (χ3v) is 5.96. The van der Waals surface area contributed by atoms with Crippen LogP contribution in [0.15, 0.2) is 54.6 Å². The molecule has 0 aliphatic rings. The number of ether oxygens (including phenoxy) is 11. The summed E-state index contributed by atoms with van der Waals surface area (Å²) in [5.41, 5.74) is 1.14. The number of hydrogen-bond donors (Lipinski definition) is 0. The first-order valence-electron chi connectivity index (χ1n) is 15.9. The van der Waals surface area contributed by atoms with Crippen LogP contribution in [-0.2, 0) is 47.4 Å². The summed E-state index contributed by atoms with van der Waals surface area (Å²) in [6, 6.07) is 15.8. The Morgan fingerprint density at radius 3 is 1.13 bits per heavy atom. The molecule has 0 saturated carbocycles. The third-order valence-electron chi connectivity index (χ3n) is 5.96. The summed E-state index contributed by atoms with van der Waals surface area (Å²) in [6.45, 7) is 8.98. The van der Waals surface area contributed by atoms with Gasteiger partial charge < -0.3 is 52.1 Å². The van der Waals surface area contributed by atoms with Crippen molar-refractivity contribution in [2.75, 3.05) is 132 Å². The first-order chi connectivity index (χ1) is 23.3. The van der Waals surface area contributed by atoms with Gasteiger partial charge in [0.1, 0.15) is 25.2 Å². The Balaban J connectivity index is 1.16. The number of aldehydes is 1. The summed E-state index contributed by atoms with van der Waals surface area (Å²) in [5.74, 6) is 0.341. The number of rotatable bonds is 33. The topological polar surface area (TPSA) is 136 Å². The Morgan fingerprint density at radius 1 is 0.426 bits per heavy atom. The van der Waals surface area contributed by atoms with Gasteiger partial charge in [0.05, 0.1) is 124 Å². The van der Waals surface area contributed by atoms with Crippen molar-refractivity contribution in [1.82, 2.24) is 0 Å². The SMILES string of the molecule is O=Cc1ccc(OCCOCCOCCOCCOCCOCCOCCOCCOCCOCCOC(=O)c2ccccc2)cc1. The summed E-state index contributed by atoms with van der Waals surface area (Å²) in [7, 11) is 0. The van der Waals surface area contributed by atoms with E-state index in [1.807, 2.05) is 6.07 Å². The lowest BCUT2D eigenvalue weighted by atomic mass is 10.2. The molecule has 0 heterocycles. The monoisotopic (exact) mass is 666 g/mol. The number of carbonyl (C=O) groups excluding carboxylic acids is 2. The van der Waals surface area contributed by atoms with Gasteiger partial charge in [-0.1, -0.05) is 18.2 Å². The van der Waals surface area contributed by atoms with E-state index in [1.165, 1.54) is 0 Å². The van der Waals surface area contributed by atoms with Crippen LogP contribution in [0.2, 0.25) is 0 Å². The molecular weight excluding hydrogens is 616 g/mol. The lowest BCUT2D eigenvalue weighted by Crippen LogP contribution is -2.15. The van der Waals surface area contributed by atoms with Gasteiger partial charge in [0.15, 0.2) is 0 Å². The number of carbonyl (C=O) groups is 2. The van der Waals surface area contributed by atoms with Gasteiger partial charge in [-0.2, -0.15) is 0 Å². The second kappa shape index (κ2) is 30.4. The summed E-state index contributed by atoms with van der Waals surface area (Å²) < 4.78 is 59.7. The smallest absolute Gasteiger partial charge is 0.338 e. The highest BCUT2D eigenvalue weighted by molar-refractivity contribution is 5.89. The van der Waals surface area contributed by atoms with Gasteiger partial charge in [0, 0.05) is 5.56 Å². The van der Waals surface area contributed by atoms with Crippen molar-refractivity contribution in [3.05, 3.63) is 65.7 Å². The van der Waals surface area contributed by atoms with Crippen molar-refractivity contribution in [2.45, 2.75) is 0 Å². The fourth-order valence-corrected chi connectivity index (χ4v) is 3.57. The largest absolute Gasteiger partial charge is 0.491 e. The lowest BCUT2D eigenvalue weighted by molar-refractivity contribution is -0.0262. The predicted octanol–water partition coefficient (Wildman–Crippen LogP) is 2.88. The number of benzene rings is 2. The first kappa shape index (κ1) is 40.2. The Labute approximate surface area is 277 Å². The minimum absolute atomic E-state index is 0.198. The van der Waals surface area contributed by atoms with E-state index in [9.17, 15) is 9.59 Å². The van der Waals surface area contributed by atoms with Crippen LogP contribution in [0.1, 0.15) is 20.7 Å². The molecular formula is C34H50O13. The first-order valence-corrected chi connectivity index (χ1v) is 15.9. The van der Waals surface area contributed by atoms with Gasteiger partial charge in [-0.05, 0) is 36.4 Å². The van der Waals surface area contributed by atoms with Crippen LogP contribution in [0.3, 0.4) is 0 Å². The average molecular weight is 667 g/mol. The van der Waals surface area contributed by atoms with Crippen molar-refractivity contribution in [1.29, 1.82) is 0 Å². The van der Waals surface area contributed by atoms with Crippen molar-refractivity contribution in [3.8, 4) is 5.75 Å². The molecule has 0 fully saturated rings. The van der Waals surface area contributed by atoms with E-state index < -0.39 is 0 Å². The summed E-state index contributed by atoms with van der Waals surface area (Å²) in [5, 5.41) is 0. The highest BCUT2D eigenvalue weighted by atomic mass is 16.6. The number of esters is 1. The second-order valence-corrected chi connectivity index (χ2v) is 9.55. The van der Waals surface area contributed by atoms with Crippen LogP contribution in [0.4, 0.5) is 0 Å². The van der Waals surface area contributed by atoms with Crippen LogP contribution >= 0.6 is 0 Å². The van der Waals surface area contributed by atoms with Crippen molar-refractivity contribution >= 4 is 12.3 Å². The molecule has 0 amide bonds. The van der Waals surface area contributed by atoms with E-state index in [2.05, 4.69) is 0 Å². The van der Waals surface area contributed by atoms with Gasteiger partial charge in [-0.25, -0.2) is 4.79 Å². The van der Waals surface area contributed by atoms with Crippen molar-refractivity contribution in [2.24, 2.45) is 0 Å². The molecule has 0 aliphatic heterocycles. The van der Waals surface area contributed by atoms with Gasteiger partial charge >= 0.3 is 5.97 Å². The highest BCUT2D eigenvalue weighted by Crippen LogP contribution is 2.10. The van der Waals surface area contributed by atoms with E-state index >= 15 is 0 Å². The molecule has 0 bridgehead atoms. The molecule has 13 heteroatoms. The van der Waals surface area contributed by atoms with E-state index in [0.717, 1.165) is 6.29 Å². The molecule has 0 N–H and O–H groups in total. The Hall–Kier alpha value is -2.98. The highest BCUT2D eigenvalue weighted by Gasteiger charge is 2.05. The van der Waals surface area contributed by atoms with E-state index in [0.29, 0.717) is 142 Å². The zero-order valence-electron chi connectivity index (χ0n) is 27.2. The molecule has 2 aromatic carbocycles. The molecule has 0 aromatic heterocycles. The quantitative estimate of drug-likeness (QED) is 0.0628. The summed E-state index contributed by atoms with van der Waals surface area (Å²) >= 11 is 0. The van der Waals surface area contributed by atoms with Gasteiger partial charge in [-0.3, -0.25) is 4.79 Å². The summed E-state index contributed by atoms with van der Waals surface area (Å²) in [6.07, 6.45) is 0.795. The molecule has 0 radical (unpaired) electrons. The van der Waals surface area contributed by atoms with Gasteiger partial charge in [-0.15, -0.1) is 0 Å². The van der Waals surface area contributed by atoms with E-state index in [4.69, 9.17) is 52.1 Å². The fourth-order valence-electron chi connectivity index (χ4n) is 3.57. The zero-order chi connectivity index (χ0) is 33.3. The predicted molar refractivity (Wildman–Crippen MR) is 171 cm³/mol. The fraction of sp³-hybridized carbons (Fsp3) is 0.588. The molecule has 0 saturated heterocycles. The van der Waals surface area contributed by atoms with Crippen LogP contribution in [0, 0.1) is 0 Å². The lowest BCUT2D eigenvalue weighted by Gasteiger charge is -2.09. The molecule has 0 atom stereocenters. The molecule has 0 aliphatic carbocycles. The second-order valence-electron chi connectivity index (χ2n) is 9.55. The van der Waals surface area contributed by atoms with E-state index in [-0.39, 0.29) is 12.6 Å². The maximum Gasteiger partial charge on any atom is 0.338 e. The minimum Gasteiger partial charge on any atom is -0.491 e. The van der Waals surface area contributed by atoms with Crippen LogP contribution < -0.4 is 4.74 Å². The standard InChI is InChI=1S/C34H50O13/c35-30-31-6-8-33(9-7-31)46-28-26-44-24-22-42-20-18-40-16-14-38-12-10-37-11-13-39-15-17-41-19-21-43-23-25-45-27-29-47-34(36)32-4-2-1-3-5-32/h1-9,30H,10-29H2. The summed E-state index contributed by atoms with van der Waals surface area (Å²) in [4.78, 5) is 22.4. The van der Waals surface area contributed by atoms with E-state index in [1.54, 1.807) is 48.5 Å².